The van der Waals surface area contributed by atoms with Crippen LogP contribution in [0.2, 0.25) is 0 Å². The van der Waals surface area contributed by atoms with Gasteiger partial charge in [0.1, 0.15) is 11.5 Å². The first-order valence-corrected chi connectivity index (χ1v) is 9.50. The number of amides is 1. The molecule has 2 aromatic rings. The normalized spacial score (nSPS) is 16.0. The Morgan fingerprint density at radius 1 is 1.12 bits per heavy atom. The van der Waals surface area contributed by atoms with Crippen LogP contribution < -0.4 is 0 Å². The van der Waals surface area contributed by atoms with E-state index in [9.17, 15) is 17.6 Å². The summed E-state index contributed by atoms with van der Waals surface area (Å²) in [5, 5.41) is -0.578. The second-order valence-electron chi connectivity index (χ2n) is 6.03. The number of carbonyl (C=O) groups is 1. The Hall–Kier alpha value is -2.35. The van der Waals surface area contributed by atoms with Gasteiger partial charge in [0.2, 0.25) is 0 Å². The minimum absolute atomic E-state index is 0.114. The number of nitrogens with zero attached hydrogens (tertiary/aromatic N) is 3. The van der Waals surface area contributed by atoms with E-state index in [-0.39, 0.29) is 16.5 Å². The van der Waals surface area contributed by atoms with Gasteiger partial charge in [-0.1, -0.05) is 0 Å². The van der Waals surface area contributed by atoms with Crippen molar-refractivity contribution in [2.75, 3.05) is 13.1 Å². The second-order valence-corrected chi connectivity index (χ2v) is 8.26. The van der Waals surface area contributed by atoms with Gasteiger partial charge in [-0.2, -0.15) is 0 Å². The van der Waals surface area contributed by atoms with Crippen LogP contribution in [-0.4, -0.2) is 47.5 Å². The molecule has 0 spiro atoms. The number of benzene rings is 1. The number of carbonyl (C=O) groups excluding carboxylic acids is 1. The highest BCUT2D eigenvalue weighted by Gasteiger charge is 2.33. The van der Waals surface area contributed by atoms with Crippen molar-refractivity contribution < 1.29 is 17.6 Å². The van der Waals surface area contributed by atoms with Crippen LogP contribution in [0.5, 0.6) is 0 Å². The summed E-state index contributed by atoms with van der Waals surface area (Å²) in [7, 11) is -3.53. The van der Waals surface area contributed by atoms with Gasteiger partial charge in [0, 0.05) is 19.3 Å². The molecule has 3 rings (SSSR count). The standard InChI is InChI=1S/C17H18FN3O3S/c1-12-10-20-16(11-19-12)17(22)21-8-6-15(7-9-21)25(23,24)14-4-2-13(18)3-5-14/h2-5,10-11,15H,6-9H2,1H3. The fourth-order valence-corrected chi connectivity index (χ4v) is 4.58. The van der Waals surface area contributed by atoms with Crippen LogP contribution in [0.4, 0.5) is 4.39 Å². The molecule has 1 saturated heterocycles. The number of aromatic nitrogens is 2. The smallest absolute Gasteiger partial charge is 0.274 e. The van der Waals surface area contributed by atoms with Gasteiger partial charge in [-0.15, -0.1) is 0 Å². The van der Waals surface area contributed by atoms with E-state index in [1.165, 1.54) is 24.5 Å². The summed E-state index contributed by atoms with van der Waals surface area (Å²) in [5.74, 6) is -0.719. The van der Waals surface area contributed by atoms with E-state index in [1.807, 2.05) is 0 Å². The first-order chi connectivity index (χ1) is 11.9. The Kier molecular flexibility index (Phi) is 4.80. The van der Waals surface area contributed by atoms with Crippen molar-refractivity contribution in [3.63, 3.8) is 0 Å². The lowest BCUT2D eigenvalue weighted by Gasteiger charge is -2.31. The van der Waals surface area contributed by atoms with Gasteiger partial charge in [0.15, 0.2) is 9.84 Å². The lowest BCUT2D eigenvalue weighted by Crippen LogP contribution is -2.42. The molecule has 2 heterocycles. The Bertz CT molecular complexity index is 859. The van der Waals surface area contributed by atoms with Crippen LogP contribution in [0.3, 0.4) is 0 Å². The molecule has 25 heavy (non-hydrogen) atoms. The van der Waals surface area contributed by atoms with Crippen molar-refractivity contribution in [2.45, 2.75) is 29.9 Å². The van der Waals surface area contributed by atoms with E-state index < -0.39 is 20.9 Å². The SMILES string of the molecule is Cc1cnc(C(=O)N2CCC(S(=O)(=O)c3ccc(F)cc3)CC2)cn1. The molecular formula is C17H18FN3O3S. The monoisotopic (exact) mass is 363 g/mol. The van der Waals surface area contributed by atoms with E-state index in [0.29, 0.717) is 25.9 Å². The minimum atomic E-state index is -3.53. The maximum atomic E-state index is 13.0. The molecule has 6 nitrogen and oxygen atoms in total. The molecule has 0 radical (unpaired) electrons. The molecule has 1 aromatic heterocycles. The zero-order chi connectivity index (χ0) is 18.0. The van der Waals surface area contributed by atoms with Crippen LogP contribution in [0.25, 0.3) is 0 Å². The molecule has 1 aromatic carbocycles. The average Bonchev–Trinajstić information content (AvgIpc) is 2.62. The fourth-order valence-electron chi connectivity index (χ4n) is 2.85. The van der Waals surface area contributed by atoms with E-state index in [4.69, 9.17) is 0 Å². The fraction of sp³-hybridized carbons (Fsp3) is 0.353. The summed E-state index contributed by atoms with van der Waals surface area (Å²) >= 11 is 0. The number of piperidine rings is 1. The molecule has 0 saturated carbocycles. The van der Waals surface area contributed by atoms with Crippen molar-refractivity contribution in [2.24, 2.45) is 0 Å². The van der Waals surface area contributed by atoms with Crippen molar-refractivity contribution >= 4 is 15.7 Å². The molecular weight excluding hydrogens is 345 g/mol. The zero-order valence-electron chi connectivity index (χ0n) is 13.7. The predicted octanol–water partition coefficient (Wildman–Crippen LogP) is 2.00. The first-order valence-electron chi connectivity index (χ1n) is 7.95. The Balaban J connectivity index is 1.68. The summed E-state index contributed by atoms with van der Waals surface area (Å²) in [6.07, 6.45) is 3.63. The first kappa shape index (κ1) is 17.5. The lowest BCUT2D eigenvalue weighted by molar-refractivity contribution is 0.0719. The Labute approximate surface area is 145 Å². The number of sulfone groups is 1. The number of rotatable bonds is 3. The summed E-state index contributed by atoms with van der Waals surface area (Å²) in [4.78, 5) is 22.2. The van der Waals surface area contributed by atoms with Gasteiger partial charge in [-0.05, 0) is 44.0 Å². The topological polar surface area (TPSA) is 80.2 Å². The molecule has 0 bridgehead atoms. The van der Waals surface area contributed by atoms with E-state index in [2.05, 4.69) is 9.97 Å². The molecule has 1 aliphatic heterocycles. The van der Waals surface area contributed by atoms with Crippen LogP contribution in [0, 0.1) is 12.7 Å². The van der Waals surface area contributed by atoms with Gasteiger partial charge in [-0.25, -0.2) is 17.8 Å². The van der Waals surface area contributed by atoms with E-state index in [0.717, 1.165) is 17.8 Å². The van der Waals surface area contributed by atoms with Gasteiger partial charge in [0.25, 0.3) is 5.91 Å². The highest BCUT2D eigenvalue weighted by atomic mass is 32.2. The third-order valence-corrected chi connectivity index (χ3v) is 6.59. The molecule has 1 fully saturated rings. The highest BCUT2D eigenvalue weighted by Crippen LogP contribution is 2.25. The number of halogens is 1. The molecule has 0 aliphatic carbocycles. The summed E-state index contributed by atoms with van der Waals surface area (Å²) in [6.45, 7) is 2.45. The van der Waals surface area contributed by atoms with Gasteiger partial charge >= 0.3 is 0 Å². The van der Waals surface area contributed by atoms with Crippen LogP contribution in [0.1, 0.15) is 29.0 Å². The van der Waals surface area contributed by atoms with Crippen molar-refractivity contribution in [3.05, 3.63) is 53.9 Å². The molecule has 132 valence electrons. The number of hydrogen-bond donors (Lipinski definition) is 0. The summed E-state index contributed by atoms with van der Waals surface area (Å²) in [5.41, 5.74) is 0.978. The van der Waals surface area contributed by atoms with Gasteiger partial charge in [0.05, 0.1) is 22.0 Å². The van der Waals surface area contributed by atoms with Crippen molar-refractivity contribution in [1.29, 1.82) is 0 Å². The third-order valence-electron chi connectivity index (χ3n) is 4.31. The van der Waals surface area contributed by atoms with E-state index in [1.54, 1.807) is 11.8 Å². The number of aryl methyl sites for hydroxylation is 1. The van der Waals surface area contributed by atoms with E-state index >= 15 is 0 Å². The predicted molar refractivity (Wildman–Crippen MR) is 89.3 cm³/mol. The highest BCUT2D eigenvalue weighted by molar-refractivity contribution is 7.92. The van der Waals surface area contributed by atoms with Gasteiger partial charge in [-0.3, -0.25) is 9.78 Å². The maximum absolute atomic E-state index is 13.0. The zero-order valence-corrected chi connectivity index (χ0v) is 14.5. The molecule has 8 heteroatoms. The number of likely N-dealkylation sites (tertiary alicyclic amines) is 1. The largest absolute Gasteiger partial charge is 0.337 e. The average molecular weight is 363 g/mol. The molecule has 0 N–H and O–H groups in total. The molecule has 1 amide bonds. The molecule has 0 atom stereocenters. The summed E-state index contributed by atoms with van der Waals surface area (Å²) < 4.78 is 38.3. The molecule has 0 unspecified atom stereocenters. The number of hydrogen-bond acceptors (Lipinski definition) is 5. The quantitative estimate of drug-likeness (QED) is 0.779. The van der Waals surface area contributed by atoms with Crippen LogP contribution in [0.15, 0.2) is 41.6 Å². The minimum Gasteiger partial charge on any atom is -0.337 e. The second kappa shape index (κ2) is 6.87. The lowest BCUT2D eigenvalue weighted by atomic mass is 10.1. The van der Waals surface area contributed by atoms with Crippen molar-refractivity contribution in [3.8, 4) is 0 Å². The molecule has 1 aliphatic rings. The van der Waals surface area contributed by atoms with Crippen molar-refractivity contribution in [1.82, 2.24) is 14.9 Å². The van der Waals surface area contributed by atoms with Gasteiger partial charge < -0.3 is 4.90 Å². The third kappa shape index (κ3) is 3.68. The Morgan fingerprint density at radius 3 is 2.32 bits per heavy atom. The maximum Gasteiger partial charge on any atom is 0.274 e. The van der Waals surface area contributed by atoms with Crippen LogP contribution in [-0.2, 0) is 9.84 Å². The summed E-state index contributed by atoms with van der Waals surface area (Å²) in [6, 6.07) is 4.84. The Morgan fingerprint density at radius 2 is 1.76 bits per heavy atom. The van der Waals surface area contributed by atoms with Crippen LogP contribution >= 0.6 is 0 Å².